The fraction of sp³-hybridized carbons (Fsp3) is 0.483. The molecule has 4 heterocycles. The molecule has 9 nitrogen and oxygen atoms in total. The van der Waals surface area contributed by atoms with Gasteiger partial charge in [-0.25, -0.2) is 8.78 Å². The first-order valence-electron chi connectivity index (χ1n) is 14.2. The number of alkyl halides is 5. The Labute approximate surface area is 244 Å². The molecule has 0 radical (unpaired) electrons. The van der Waals surface area contributed by atoms with E-state index in [0.717, 1.165) is 4.57 Å². The summed E-state index contributed by atoms with van der Waals surface area (Å²) in [5.74, 6) is -0.477. The van der Waals surface area contributed by atoms with Gasteiger partial charge in [-0.1, -0.05) is 11.2 Å². The molecule has 6 rings (SSSR count). The second-order valence-corrected chi connectivity index (χ2v) is 11.4. The monoisotopic (exact) mass is 605 g/mol. The van der Waals surface area contributed by atoms with E-state index in [0.29, 0.717) is 48.9 Å². The molecule has 3 aromatic heterocycles. The number of halogens is 5. The maximum Gasteiger partial charge on any atom is 0.406 e. The molecule has 4 atom stereocenters. The molecular formula is C29H32F5N7O2. The summed E-state index contributed by atoms with van der Waals surface area (Å²) >= 11 is 0. The molecule has 4 aromatic rings. The highest BCUT2D eigenvalue weighted by molar-refractivity contribution is 5.96. The third-order valence-electron chi connectivity index (χ3n) is 8.21. The third-order valence-corrected chi connectivity index (χ3v) is 8.21. The van der Waals surface area contributed by atoms with Crippen molar-refractivity contribution in [1.82, 2.24) is 29.5 Å². The second-order valence-electron chi connectivity index (χ2n) is 11.4. The molecule has 14 heteroatoms. The van der Waals surface area contributed by atoms with Crippen LogP contribution in [0.25, 0.3) is 22.4 Å². The van der Waals surface area contributed by atoms with Gasteiger partial charge in [0.15, 0.2) is 0 Å². The number of amides is 1. The van der Waals surface area contributed by atoms with Crippen LogP contribution in [0.1, 0.15) is 48.0 Å². The lowest BCUT2D eigenvalue weighted by Crippen LogP contribution is -2.46. The van der Waals surface area contributed by atoms with Crippen LogP contribution in [0.15, 0.2) is 47.2 Å². The first-order chi connectivity index (χ1) is 20.5. The lowest BCUT2D eigenvalue weighted by atomic mass is 10.0. The highest BCUT2D eigenvalue weighted by atomic mass is 19.4. The molecule has 1 saturated heterocycles. The summed E-state index contributed by atoms with van der Waals surface area (Å²) in [6, 6.07) is 7.59. The van der Waals surface area contributed by atoms with Crippen molar-refractivity contribution in [3.8, 4) is 11.5 Å². The van der Waals surface area contributed by atoms with Crippen molar-refractivity contribution in [2.24, 2.45) is 0 Å². The minimum atomic E-state index is -4.54. The molecule has 1 aliphatic heterocycles. The standard InChI is InChI=1S/C29H32F5N7O2/c1-39-9-8-23(21(31)15-39)36-22-3-2-4-24-20(22)12-25(41(24)16-29(32,33)34)27-37-26(43-38-27)13-35-28(42)17-7-10-40(14-17)19-6-5-18(30)11-19/h2-4,7,10,12,14,18-19,21,23,36H,5-6,8-9,11,13,15-16H2,1H3,(H,35,42)/t18?,19?,21-,23+/m0/s1. The summed E-state index contributed by atoms with van der Waals surface area (Å²) in [7, 11) is 1.84. The van der Waals surface area contributed by atoms with Gasteiger partial charge in [-0.3, -0.25) is 4.79 Å². The summed E-state index contributed by atoms with van der Waals surface area (Å²) in [5.41, 5.74) is 1.25. The van der Waals surface area contributed by atoms with Crippen molar-refractivity contribution < 1.29 is 31.3 Å². The largest absolute Gasteiger partial charge is 0.406 e. The lowest BCUT2D eigenvalue weighted by molar-refractivity contribution is -0.139. The summed E-state index contributed by atoms with van der Waals surface area (Å²) < 4.78 is 77.5. The summed E-state index contributed by atoms with van der Waals surface area (Å²) in [6.07, 6.45) is -0.937. The van der Waals surface area contributed by atoms with E-state index in [1.165, 1.54) is 6.07 Å². The Morgan fingerprint density at radius 2 is 2.00 bits per heavy atom. The van der Waals surface area contributed by atoms with Crippen LogP contribution in [0, 0.1) is 0 Å². The number of likely N-dealkylation sites (tertiary alicyclic amines) is 1. The predicted molar refractivity (Wildman–Crippen MR) is 149 cm³/mol. The zero-order chi connectivity index (χ0) is 30.3. The quantitative estimate of drug-likeness (QED) is 0.258. The lowest BCUT2D eigenvalue weighted by Gasteiger charge is -2.33. The van der Waals surface area contributed by atoms with Gasteiger partial charge in [-0.05, 0) is 57.0 Å². The molecule has 2 aliphatic rings. The number of hydrogen-bond acceptors (Lipinski definition) is 6. The fourth-order valence-electron chi connectivity index (χ4n) is 6.00. The molecular weight excluding hydrogens is 573 g/mol. The SMILES string of the molecule is CN1CC[C@@H](Nc2cccc3c2cc(-c2noc(CNC(=O)c4ccn(C5CCC(F)C5)c4)n2)n3CC(F)(F)F)[C@@H](F)C1. The van der Waals surface area contributed by atoms with Crippen LogP contribution < -0.4 is 10.6 Å². The smallest absolute Gasteiger partial charge is 0.379 e. The summed E-state index contributed by atoms with van der Waals surface area (Å²) in [4.78, 5) is 18.9. The average molecular weight is 606 g/mol. The van der Waals surface area contributed by atoms with Crippen molar-refractivity contribution in [3.05, 3.63) is 54.2 Å². The van der Waals surface area contributed by atoms with Gasteiger partial charge in [0.2, 0.25) is 11.7 Å². The van der Waals surface area contributed by atoms with Gasteiger partial charge < -0.3 is 29.2 Å². The van der Waals surface area contributed by atoms with E-state index in [2.05, 4.69) is 20.8 Å². The Hall–Kier alpha value is -3.94. The fourth-order valence-corrected chi connectivity index (χ4v) is 6.00. The molecule has 0 spiro atoms. The second kappa shape index (κ2) is 11.6. The minimum Gasteiger partial charge on any atom is -0.379 e. The molecule has 2 fully saturated rings. The molecule has 230 valence electrons. The first-order valence-corrected chi connectivity index (χ1v) is 14.2. The molecule has 2 N–H and O–H groups in total. The van der Waals surface area contributed by atoms with E-state index in [1.54, 1.807) is 36.7 Å². The number of carbonyl (C=O) groups excluding carboxylic acids is 1. The van der Waals surface area contributed by atoms with Crippen LogP contribution in [0.5, 0.6) is 0 Å². The Kier molecular flexibility index (Phi) is 7.88. The van der Waals surface area contributed by atoms with Crippen molar-refractivity contribution in [2.75, 3.05) is 25.5 Å². The van der Waals surface area contributed by atoms with Crippen LogP contribution in [0.2, 0.25) is 0 Å². The van der Waals surface area contributed by atoms with E-state index < -0.39 is 37.0 Å². The highest BCUT2D eigenvalue weighted by Crippen LogP contribution is 2.35. The molecule has 1 saturated carbocycles. The van der Waals surface area contributed by atoms with Crippen LogP contribution in [0.3, 0.4) is 0 Å². The highest BCUT2D eigenvalue weighted by Gasteiger charge is 2.32. The van der Waals surface area contributed by atoms with Gasteiger partial charge in [0.1, 0.15) is 18.9 Å². The number of benzene rings is 1. The summed E-state index contributed by atoms with van der Waals surface area (Å²) in [6.45, 7) is -0.477. The zero-order valence-corrected chi connectivity index (χ0v) is 23.5. The van der Waals surface area contributed by atoms with Gasteiger partial charge in [0.05, 0.1) is 29.4 Å². The number of piperidine rings is 1. The number of nitrogens with one attached hydrogen (secondary N) is 2. The van der Waals surface area contributed by atoms with Crippen molar-refractivity contribution in [1.29, 1.82) is 0 Å². The van der Waals surface area contributed by atoms with Gasteiger partial charge in [-0.2, -0.15) is 18.2 Å². The van der Waals surface area contributed by atoms with E-state index in [4.69, 9.17) is 4.52 Å². The number of anilines is 1. The molecule has 1 aromatic carbocycles. The molecule has 2 unspecified atom stereocenters. The maximum atomic E-state index is 14.7. The topological polar surface area (TPSA) is 93.2 Å². The van der Waals surface area contributed by atoms with E-state index in [-0.39, 0.29) is 42.1 Å². The zero-order valence-electron chi connectivity index (χ0n) is 23.5. The van der Waals surface area contributed by atoms with Gasteiger partial charge in [0, 0.05) is 42.6 Å². The first kappa shape index (κ1) is 29.1. The van der Waals surface area contributed by atoms with E-state index in [1.807, 2.05) is 16.5 Å². The van der Waals surface area contributed by atoms with Crippen LogP contribution in [-0.2, 0) is 13.1 Å². The van der Waals surface area contributed by atoms with Gasteiger partial charge in [0.25, 0.3) is 5.91 Å². The number of hydrogen-bond donors (Lipinski definition) is 2. The summed E-state index contributed by atoms with van der Waals surface area (Å²) in [5, 5.41) is 10.2. The third kappa shape index (κ3) is 6.38. The maximum absolute atomic E-state index is 14.7. The molecule has 43 heavy (non-hydrogen) atoms. The average Bonchev–Trinajstić information content (AvgIpc) is 3.75. The number of aromatic nitrogens is 4. The Morgan fingerprint density at radius 3 is 2.74 bits per heavy atom. The molecule has 1 amide bonds. The predicted octanol–water partition coefficient (Wildman–Crippen LogP) is 5.50. The Balaban J connectivity index is 1.21. The van der Waals surface area contributed by atoms with Crippen LogP contribution in [0.4, 0.5) is 27.6 Å². The molecule has 0 bridgehead atoms. The van der Waals surface area contributed by atoms with Crippen LogP contribution in [-0.4, -0.2) is 74.8 Å². The van der Waals surface area contributed by atoms with Crippen molar-refractivity contribution in [3.63, 3.8) is 0 Å². The van der Waals surface area contributed by atoms with Crippen LogP contribution >= 0.6 is 0 Å². The van der Waals surface area contributed by atoms with E-state index in [9.17, 15) is 26.7 Å². The normalized spacial score (nSPS) is 23.2. The van der Waals surface area contributed by atoms with Crippen molar-refractivity contribution >= 4 is 22.5 Å². The van der Waals surface area contributed by atoms with Crippen molar-refractivity contribution in [2.45, 2.75) is 69.4 Å². The Morgan fingerprint density at radius 1 is 1.16 bits per heavy atom. The molecule has 1 aliphatic carbocycles. The minimum absolute atomic E-state index is 0.00704. The van der Waals surface area contributed by atoms with Gasteiger partial charge in [-0.15, -0.1) is 0 Å². The number of nitrogens with zero attached hydrogens (tertiary/aromatic N) is 5. The van der Waals surface area contributed by atoms with Gasteiger partial charge >= 0.3 is 6.18 Å². The van der Waals surface area contributed by atoms with E-state index >= 15 is 0 Å². The number of fused-ring (bicyclic) bond motifs is 1. The number of carbonyl (C=O) groups is 1. The number of rotatable bonds is 8. The Bertz CT molecular complexity index is 1600.